The number of rotatable bonds is 3. The van der Waals surface area contributed by atoms with E-state index in [0.29, 0.717) is 0 Å². The summed E-state index contributed by atoms with van der Waals surface area (Å²) in [5, 5.41) is 4.83. The topological polar surface area (TPSA) is 17.0 Å². The molecule has 19 heavy (non-hydrogen) atoms. The first-order chi connectivity index (χ1) is 9.31. The number of nitrogens with zero attached hydrogens (tertiary/aromatic N) is 1. The summed E-state index contributed by atoms with van der Waals surface area (Å²) in [6.07, 6.45) is 10.1. The Labute approximate surface area is 115 Å². The van der Waals surface area contributed by atoms with Gasteiger partial charge in [-0.1, -0.05) is 12.5 Å². The van der Waals surface area contributed by atoms with Crippen molar-refractivity contribution < 1.29 is 0 Å². The number of fused-ring (bicyclic) bond motifs is 3. The summed E-state index contributed by atoms with van der Waals surface area (Å²) in [6.45, 7) is 1.06. The Bertz CT molecular complexity index is 580. The maximum atomic E-state index is 3.27. The Morgan fingerprint density at radius 3 is 2.84 bits per heavy atom. The molecule has 1 aliphatic rings. The fourth-order valence-corrected chi connectivity index (χ4v) is 3.46. The summed E-state index contributed by atoms with van der Waals surface area (Å²) in [5.41, 5.74) is 6.17. The molecule has 2 heteroatoms. The van der Waals surface area contributed by atoms with E-state index in [9.17, 15) is 0 Å². The normalized spacial score (nSPS) is 15.5. The van der Waals surface area contributed by atoms with Gasteiger partial charge in [0.25, 0.3) is 0 Å². The van der Waals surface area contributed by atoms with Crippen LogP contribution in [0.3, 0.4) is 0 Å². The van der Waals surface area contributed by atoms with Gasteiger partial charge in [-0.15, -0.1) is 0 Å². The molecule has 2 aromatic rings. The van der Waals surface area contributed by atoms with Crippen molar-refractivity contribution in [2.75, 3.05) is 13.6 Å². The minimum atomic E-state index is 1.06. The number of nitrogens with one attached hydrogen (secondary N) is 1. The quantitative estimate of drug-likeness (QED) is 0.834. The third kappa shape index (κ3) is 2.30. The lowest BCUT2D eigenvalue weighted by Gasteiger charge is -2.10. The summed E-state index contributed by atoms with van der Waals surface area (Å²) in [4.78, 5) is 0. The zero-order valence-corrected chi connectivity index (χ0v) is 12.1. The zero-order valence-electron chi connectivity index (χ0n) is 12.1. The van der Waals surface area contributed by atoms with E-state index >= 15 is 0 Å². The van der Waals surface area contributed by atoms with Crippen molar-refractivity contribution in [3.05, 3.63) is 35.0 Å². The van der Waals surface area contributed by atoms with Crippen LogP contribution in [0.2, 0.25) is 0 Å². The van der Waals surface area contributed by atoms with Crippen molar-refractivity contribution in [2.24, 2.45) is 7.05 Å². The molecule has 3 rings (SSSR count). The van der Waals surface area contributed by atoms with Gasteiger partial charge in [0.1, 0.15) is 0 Å². The van der Waals surface area contributed by atoms with Crippen molar-refractivity contribution >= 4 is 10.9 Å². The summed E-state index contributed by atoms with van der Waals surface area (Å²) in [5.74, 6) is 0. The highest BCUT2D eigenvalue weighted by Gasteiger charge is 2.16. The average molecular weight is 256 g/mol. The predicted octanol–water partition coefficient (Wildman–Crippen LogP) is 3.21. The Morgan fingerprint density at radius 2 is 2.00 bits per heavy atom. The predicted molar refractivity (Wildman–Crippen MR) is 81.8 cm³/mol. The molecule has 0 atom stereocenters. The van der Waals surface area contributed by atoms with Crippen LogP contribution in [-0.4, -0.2) is 18.2 Å². The Morgan fingerprint density at radius 1 is 1.16 bits per heavy atom. The molecule has 0 spiro atoms. The van der Waals surface area contributed by atoms with Crippen LogP contribution in [0.1, 0.15) is 36.0 Å². The SMILES string of the molecule is CNCCc1cn(C)c2ccc3c(c12)CCCCC3. The fourth-order valence-electron chi connectivity index (χ4n) is 3.46. The molecule has 1 aromatic heterocycles. The lowest BCUT2D eigenvalue weighted by molar-refractivity contribution is 0.712. The average Bonchev–Trinajstić information content (AvgIpc) is 2.62. The smallest absolute Gasteiger partial charge is 0.0483 e. The third-order valence-corrected chi connectivity index (χ3v) is 4.46. The molecule has 0 unspecified atom stereocenters. The van der Waals surface area contributed by atoms with Crippen LogP contribution >= 0.6 is 0 Å². The minimum absolute atomic E-state index is 1.06. The third-order valence-electron chi connectivity index (χ3n) is 4.46. The first-order valence-electron chi connectivity index (χ1n) is 7.54. The molecule has 0 saturated carbocycles. The second-order valence-electron chi connectivity index (χ2n) is 5.78. The Balaban J connectivity index is 2.16. The maximum Gasteiger partial charge on any atom is 0.0483 e. The Kier molecular flexibility index (Phi) is 3.61. The van der Waals surface area contributed by atoms with Gasteiger partial charge in [-0.2, -0.15) is 0 Å². The molecule has 0 saturated heterocycles. The second kappa shape index (κ2) is 5.38. The number of hydrogen-bond donors (Lipinski definition) is 1. The molecule has 1 aromatic carbocycles. The first kappa shape index (κ1) is 12.7. The fraction of sp³-hybridized carbons (Fsp3) is 0.529. The molecular weight excluding hydrogens is 232 g/mol. The van der Waals surface area contributed by atoms with E-state index in [1.54, 1.807) is 16.5 Å². The number of hydrogen-bond acceptors (Lipinski definition) is 1. The Hall–Kier alpha value is -1.28. The van der Waals surface area contributed by atoms with E-state index in [0.717, 1.165) is 13.0 Å². The minimum Gasteiger partial charge on any atom is -0.350 e. The van der Waals surface area contributed by atoms with Crippen molar-refractivity contribution in [1.29, 1.82) is 0 Å². The molecule has 0 amide bonds. The maximum absolute atomic E-state index is 3.27. The van der Waals surface area contributed by atoms with E-state index in [-0.39, 0.29) is 0 Å². The van der Waals surface area contributed by atoms with E-state index < -0.39 is 0 Å². The van der Waals surface area contributed by atoms with Crippen molar-refractivity contribution in [2.45, 2.75) is 38.5 Å². The van der Waals surface area contributed by atoms with E-state index in [1.165, 1.54) is 43.2 Å². The lowest BCUT2D eigenvalue weighted by atomic mass is 9.96. The molecule has 1 aliphatic carbocycles. The van der Waals surface area contributed by atoms with E-state index in [2.05, 4.69) is 35.3 Å². The number of aryl methyl sites for hydroxylation is 3. The van der Waals surface area contributed by atoms with E-state index in [4.69, 9.17) is 0 Å². The molecular formula is C17H24N2. The molecule has 0 aliphatic heterocycles. The highest BCUT2D eigenvalue weighted by atomic mass is 14.9. The monoisotopic (exact) mass is 256 g/mol. The molecule has 1 N–H and O–H groups in total. The molecule has 1 heterocycles. The largest absolute Gasteiger partial charge is 0.350 e. The van der Waals surface area contributed by atoms with Crippen LogP contribution in [0, 0.1) is 0 Å². The van der Waals surface area contributed by atoms with Gasteiger partial charge in [0, 0.05) is 24.1 Å². The molecule has 0 radical (unpaired) electrons. The van der Waals surface area contributed by atoms with Crippen LogP contribution < -0.4 is 5.32 Å². The lowest BCUT2D eigenvalue weighted by Crippen LogP contribution is -2.10. The van der Waals surface area contributed by atoms with Crippen LogP contribution in [0.25, 0.3) is 10.9 Å². The summed E-state index contributed by atoms with van der Waals surface area (Å²) < 4.78 is 2.30. The van der Waals surface area contributed by atoms with Crippen LogP contribution in [0.15, 0.2) is 18.3 Å². The summed E-state index contributed by atoms with van der Waals surface area (Å²) >= 11 is 0. The number of benzene rings is 1. The summed E-state index contributed by atoms with van der Waals surface area (Å²) in [6, 6.07) is 4.69. The zero-order chi connectivity index (χ0) is 13.2. The molecule has 2 nitrogen and oxygen atoms in total. The van der Waals surface area contributed by atoms with E-state index in [1.807, 2.05) is 7.05 Å². The molecule has 102 valence electrons. The standard InChI is InChI=1S/C17H24N2/c1-18-11-10-14-12-19(2)16-9-8-13-6-4-3-5-7-15(13)17(14)16/h8-9,12,18H,3-7,10-11H2,1-2H3. The van der Waals surface area contributed by atoms with Crippen LogP contribution in [0.5, 0.6) is 0 Å². The van der Waals surface area contributed by atoms with Gasteiger partial charge >= 0.3 is 0 Å². The number of likely N-dealkylation sites (N-methyl/N-ethyl adjacent to an activating group) is 1. The van der Waals surface area contributed by atoms with Gasteiger partial charge in [-0.25, -0.2) is 0 Å². The van der Waals surface area contributed by atoms with Gasteiger partial charge in [-0.05, 0) is 68.5 Å². The number of aromatic nitrogens is 1. The molecule has 0 bridgehead atoms. The highest BCUT2D eigenvalue weighted by Crippen LogP contribution is 2.31. The van der Waals surface area contributed by atoms with Crippen LogP contribution in [-0.2, 0) is 26.3 Å². The highest BCUT2D eigenvalue weighted by molar-refractivity contribution is 5.88. The van der Waals surface area contributed by atoms with Crippen LogP contribution in [0.4, 0.5) is 0 Å². The second-order valence-corrected chi connectivity index (χ2v) is 5.78. The van der Waals surface area contributed by atoms with Crippen molar-refractivity contribution in [3.63, 3.8) is 0 Å². The van der Waals surface area contributed by atoms with Gasteiger partial charge in [0.05, 0.1) is 0 Å². The van der Waals surface area contributed by atoms with Gasteiger partial charge in [0.15, 0.2) is 0 Å². The summed E-state index contributed by atoms with van der Waals surface area (Å²) in [7, 11) is 4.21. The molecule has 0 fully saturated rings. The van der Waals surface area contributed by atoms with Gasteiger partial charge in [0.2, 0.25) is 0 Å². The first-order valence-corrected chi connectivity index (χ1v) is 7.54. The van der Waals surface area contributed by atoms with Gasteiger partial charge in [-0.3, -0.25) is 0 Å². The van der Waals surface area contributed by atoms with Crippen molar-refractivity contribution in [3.8, 4) is 0 Å². The van der Waals surface area contributed by atoms with Crippen molar-refractivity contribution in [1.82, 2.24) is 9.88 Å². The van der Waals surface area contributed by atoms with Gasteiger partial charge < -0.3 is 9.88 Å².